The Bertz CT molecular complexity index is 944. The fourth-order valence-corrected chi connectivity index (χ4v) is 3.42. The number of imide groups is 1. The Balaban J connectivity index is 1.73. The van der Waals surface area contributed by atoms with Gasteiger partial charge in [0.15, 0.2) is 5.54 Å². The van der Waals surface area contributed by atoms with Crippen molar-refractivity contribution in [1.29, 1.82) is 0 Å². The molecule has 2 heterocycles. The van der Waals surface area contributed by atoms with Gasteiger partial charge in [-0.05, 0) is 29.8 Å². The molecule has 8 heteroatoms. The van der Waals surface area contributed by atoms with Crippen molar-refractivity contribution < 1.29 is 23.9 Å². The molecule has 0 spiro atoms. The van der Waals surface area contributed by atoms with Crippen LogP contribution >= 0.6 is 0 Å². The van der Waals surface area contributed by atoms with E-state index in [-0.39, 0.29) is 24.7 Å². The number of nitrogens with one attached hydrogen (secondary N) is 2. The Morgan fingerprint density at radius 2 is 1.85 bits per heavy atom. The van der Waals surface area contributed by atoms with Crippen LogP contribution in [0, 0.1) is 5.82 Å². The van der Waals surface area contributed by atoms with E-state index in [0.717, 1.165) is 0 Å². The first kappa shape index (κ1) is 16.1. The molecule has 3 N–H and O–H groups in total. The second-order valence-electron chi connectivity index (χ2n) is 6.28. The highest BCUT2D eigenvalue weighted by atomic mass is 19.1. The predicted molar refractivity (Wildman–Crippen MR) is 87.6 cm³/mol. The minimum Gasteiger partial charge on any atom is -0.508 e. The highest BCUT2D eigenvalue weighted by Crippen LogP contribution is 2.34. The van der Waals surface area contributed by atoms with Gasteiger partial charge >= 0.3 is 6.03 Å². The van der Waals surface area contributed by atoms with Gasteiger partial charge in [-0.25, -0.2) is 9.18 Å². The molecule has 0 bridgehead atoms. The van der Waals surface area contributed by atoms with Crippen LogP contribution in [0.2, 0.25) is 0 Å². The van der Waals surface area contributed by atoms with Crippen molar-refractivity contribution in [1.82, 2.24) is 15.5 Å². The van der Waals surface area contributed by atoms with Crippen LogP contribution in [0.15, 0.2) is 42.5 Å². The third kappa shape index (κ3) is 2.30. The van der Waals surface area contributed by atoms with E-state index in [2.05, 4.69) is 10.6 Å². The fraction of sp³-hybridized carbons (Fsp3) is 0.167. The van der Waals surface area contributed by atoms with E-state index in [0.29, 0.717) is 16.7 Å². The lowest BCUT2D eigenvalue weighted by molar-refractivity contribution is -0.124. The van der Waals surface area contributed by atoms with Gasteiger partial charge in [0.05, 0.1) is 13.1 Å². The zero-order valence-electron chi connectivity index (χ0n) is 13.5. The molecule has 0 aromatic heterocycles. The Labute approximate surface area is 147 Å². The van der Waals surface area contributed by atoms with E-state index in [1.54, 1.807) is 12.1 Å². The van der Waals surface area contributed by atoms with Crippen molar-refractivity contribution in [3.63, 3.8) is 0 Å². The Kier molecular flexibility index (Phi) is 3.43. The summed E-state index contributed by atoms with van der Waals surface area (Å²) >= 11 is 0. The van der Waals surface area contributed by atoms with Gasteiger partial charge in [-0.15, -0.1) is 0 Å². The number of benzene rings is 2. The zero-order chi connectivity index (χ0) is 18.5. The minimum absolute atomic E-state index is 0.00547. The van der Waals surface area contributed by atoms with Crippen LogP contribution in [0.5, 0.6) is 5.75 Å². The van der Waals surface area contributed by atoms with Gasteiger partial charge in [-0.2, -0.15) is 0 Å². The molecule has 0 aliphatic carbocycles. The number of nitrogens with zero attached hydrogens (tertiary/aromatic N) is 1. The summed E-state index contributed by atoms with van der Waals surface area (Å²) in [6, 6.07) is 9.10. The van der Waals surface area contributed by atoms with Crippen molar-refractivity contribution in [2.75, 3.05) is 6.54 Å². The summed E-state index contributed by atoms with van der Waals surface area (Å²) < 4.78 is 13.3. The molecule has 1 fully saturated rings. The number of aromatic hydroxyl groups is 1. The van der Waals surface area contributed by atoms with Crippen molar-refractivity contribution in [3.05, 3.63) is 65.0 Å². The van der Waals surface area contributed by atoms with Crippen molar-refractivity contribution in [2.45, 2.75) is 12.1 Å². The van der Waals surface area contributed by atoms with Gasteiger partial charge in [0.1, 0.15) is 11.6 Å². The van der Waals surface area contributed by atoms with Crippen molar-refractivity contribution in [2.24, 2.45) is 0 Å². The third-order valence-corrected chi connectivity index (χ3v) is 4.72. The van der Waals surface area contributed by atoms with Crippen LogP contribution in [0.4, 0.5) is 9.18 Å². The summed E-state index contributed by atoms with van der Waals surface area (Å²) in [5.74, 6) is -1.47. The number of amides is 4. The average Bonchev–Trinajstić information content (AvgIpc) is 3.07. The Morgan fingerprint density at radius 3 is 2.46 bits per heavy atom. The standard InChI is InChI=1S/C18H14FN3O4/c19-11-6-4-10(5-7-11)18(16(25)20-17(26)21-18)9-22-8-13-12(15(22)24)2-1-3-14(13)23/h1-7,23H,8-9H2,(H2,20,21,25,26). The maximum atomic E-state index is 13.3. The SMILES string of the molecule is O=C1NC(=O)C(CN2Cc3c(O)cccc3C2=O)(c2ccc(F)cc2)N1. The van der Waals surface area contributed by atoms with Crippen LogP contribution in [-0.2, 0) is 16.9 Å². The maximum Gasteiger partial charge on any atom is 0.322 e. The van der Waals surface area contributed by atoms with Crippen LogP contribution in [0.3, 0.4) is 0 Å². The second-order valence-corrected chi connectivity index (χ2v) is 6.28. The molecular weight excluding hydrogens is 341 g/mol. The third-order valence-electron chi connectivity index (χ3n) is 4.72. The molecular formula is C18H14FN3O4. The number of hydrogen-bond acceptors (Lipinski definition) is 4. The van der Waals surface area contributed by atoms with Gasteiger partial charge in [0.25, 0.3) is 11.8 Å². The normalized spacial score (nSPS) is 21.6. The summed E-state index contributed by atoms with van der Waals surface area (Å²) in [4.78, 5) is 38.4. The second kappa shape index (κ2) is 5.55. The molecule has 1 saturated heterocycles. The monoisotopic (exact) mass is 355 g/mol. The number of carbonyl (C=O) groups is 3. The number of rotatable bonds is 3. The average molecular weight is 355 g/mol. The van der Waals surface area contributed by atoms with Gasteiger partial charge in [-0.3, -0.25) is 14.9 Å². The predicted octanol–water partition coefficient (Wildman–Crippen LogP) is 1.22. The number of urea groups is 1. The van der Waals surface area contributed by atoms with Crippen molar-refractivity contribution >= 4 is 17.8 Å². The summed E-state index contributed by atoms with van der Waals surface area (Å²) in [6.45, 7) is -0.0455. The summed E-state index contributed by atoms with van der Waals surface area (Å²) in [5, 5.41) is 14.7. The smallest absolute Gasteiger partial charge is 0.322 e. The van der Waals surface area contributed by atoms with Crippen LogP contribution in [-0.4, -0.2) is 34.4 Å². The quantitative estimate of drug-likeness (QED) is 0.721. The molecule has 2 aromatic carbocycles. The van der Waals surface area contributed by atoms with Crippen LogP contribution in [0.1, 0.15) is 21.5 Å². The lowest BCUT2D eigenvalue weighted by atomic mass is 9.89. The lowest BCUT2D eigenvalue weighted by Gasteiger charge is -2.31. The number of carbonyl (C=O) groups excluding carboxylic acids is 3. The first-order valence-corrected chi connectivity index (χ1v) is 7.90. The topological polar surface area (TPSA) is 98.7 Å². The molecule has 0 saturated carbocycles. The largest absolute Gasteiger partial charge is 0.508 e. The number of fused-ring (bicyclic) bond motifs is 1. The number of hydrogen-bond donors (Lipinski definition) is 3. The van der Waals surface area contributed by atoms with Crippen molar-refractivity contribution in [3.8, 4) is 5.75 Å². The molecule has 2 aromatic rings. The highest BCUT2D eigenvalue weighted by Gasteiger charge is 2.50. The summed E-state index contributed by atoms with van der Waals surface area (Å²) in [7, 11) is 0. The molecule has 1 atom stereocenters. The van der Waals surface area contributed by atoms with E-state index < -0.39 is 23.3 Å². The number of phenolic OH excluding ortho intramolecular Hbond substituents is 1. The first-order chi connectivity index (χ1) is 12.4. The molecule has 26 heavy (non-hydrogen) atoms. The molecule has 7 nitrogen and oxygen atoms in total. The van der Waals surface area contributed by atoms with Gasteiger partial charge in [0.2, 0.25) is 0 Å². The molecule has 1 unspecified atom stereocenters. The number of halogens is 1. The van der Waals surface area contributed by atoms with Gasteiger partial charge < -0.3 is 15.3 Å². The molecule has 2 aliphatic heterocycles. The molecule has 2 aliphatic rings. The lowest BCUT2D eigenvalue weighted by Crippen LogP contribution is -2.52. The summed E-state index contributed by atoms with van der Waals surface area (Å²) in [5.41, 5.74) is -0.353. The minimum atomic E-state index is -1.53. The van der Waals surface area contributed by atoms with E-state index >= 15 is 0 Å². The van der Waals surface area contributed by atoms with Crippen LogP contribution in [0.25, 0.3) is 0 Å². The Hall–Kier alpha value is -3.42. The zero-order valence-corrected chi connectivity index (χ0v) is 13.5. The highest BCUT2D eigenvalue weighted by molar-refractivity contribution is 6.08. The first-order valence-electron chi connectivity index (χ1n) is 7.90. The van der Waals surface area contributed by atoms with E-state index in [4.69, 9.17) is 0 Å². The van der Waals surface area contributed by atoms with Gasteiger partial charge in [0, 0.05) is 11.1 Å². The molecule has 4 amide bonds. The van der Waals surface area contributed by atoms with E-state index in [9.17, 15) is 23.9 Å². The molecule has 132 valence electrons. The van der Waals surface area contributed by atoms with Gasteiger partial charge in [-0.1, -0.05) is 18.2 Å². The van der Waals surface area contributed by atoms with E-state index in [1.807, 2.05) is 0 Å². The molecule has 4 rings (SSSR count). The van der Waals surface area contributed by atoms with Crippen LogP contribution < -0.4 is 10.6 Å². The fourth-order valence-electron chi connectivity index (χ4n) is 3.42. The summed E-state index contributed by atoms with van der Waals surface area (Å²) in [6.07, 6.45) is 0. The Morgan fingerprint density at radius 1 is 1.12 bits per heavy atom. The number of phenols is 1. The van der Waals surface area contributed by atoms with E-state index in [1.165, 1.54) is 35.2 Å². The maximum absolute atomic E-state index is 13.3. The molecule has 0 radical (unpaired) electrons.